The Morgan fingerprint density at radius 3 is 2.69 bits per heavy atom. The topological polar surface area (TPSA) is 74.5 Å². The van der Waals surface area contributed by atoms with Crippen molar-refractivity contribution in [2.45, 2.75) is 13.5 Å². The van der Waals surface area contributed by atoms with E-state index in [1.807, 2.05) is 13.0 Å². The largest absolute Gasteiger partial charge is 0.360 e. The van der Waals surface area contributed by atoms with Crippen molar-refractivity contribution in [2.24, 2.45) is 0 Å². The highest BCUT2D eigenvalue weighted by molar-refractivity contribution is 5.99. The van der Waals surface area contributed by atoms with E-state index >= 15 is 0 Å². The maximum atomic E-state index is 14.0. The molecule has 2 aromatic heterocycles. The average molecular weight is 395 g/mol. The first kappa shape index (κ1) is 19.1. The highest BCUT2D eigenvalue weighted by Crippen LogP contribution is 2.22. The van der Waals surface area contributed by atoms with Crippen molar-refractivity contribution < 1.29 is 13.7 Å². The normalized spacial score (nSPS) is 14.8. The van der Waals surface area contributed by atoms with E-state index in [0.29, 0.717) is 31.0 Å². The van der Waals surface area contributed by atoms with Crippen LogP contribution in [0.25, 0.3) is 0 Å². The van der Waals surface area contributed by atoms with Crippen molar-refractivity contribution in [3.05, 3.63) is 71.5 Å². The van der Waals surface area contributed by atoms with Gasteiger partial charge >= 0.3 is 0 Å². The van der Waals surface area contributed by atoms with Crippen LogP contribution in [0.4, 0.5) is 15.9 Å². The van der Waals surface area contributed by atoms with Crippen LogP contribution in [0.15, 0.2) is 53.2 Å². The number of nitrogens with one attached hydrogen (secondary N) is 1. The number of amides is 1. The van der Waals surface area contributed by atoms with Crippen LogP contribution in [-0.2, 0) is 6.54 Å². The Balaban J connectivity index is 1.42. The number of benzene rings is 1. The number of hydrogen-bond acceptors (Lipinski definition) is 6. The fraction of sp³-hybridized carbons (Fsp3) is 0.286. The van der Waals surface area contributed by atoms with Crippen molar-refractivity contribution in [3.63, 3.8) is 0 Å². The van der Waals surface area contributed by atoms with Crippen LogP contribution in [0.3, 0.4) is 0 Å². The van der Waals surface area contributed by atoms with Crippen LogP contribution >= 0.6 is 0 Å². The van der Waals surface area contributed by atoms with Gasteiger partial charge in [-0.1, -0.05) is 17.3 Å². The summed E-state index contributed by atoms with van der Waals surface area (Å²) < 4.78 is 19.3. The summed E-state index contributed by atoms with van der Waals surface area (Å²) in [6.45, 7) is 5.24. The van der Waals surface area contributed by atoms with E-state index in [-0.39, 0.29) is 11.6 Å². The molecule has 3 aromatic rings. The van der Waals surface area contributed by atoms with Gasteiger partial charge in [0.1, 0.15) is 11.6 Å². The van der Waals surface area contributed by atoms with Gasteiger partial charge in [0.25, 0.3) is 5.91 Å². The Labute approximate surface area is 168 Å². The molecule has 150 valence electrons. The molecule has 1 aliphatic rings. The van der Waals surface area contributed by atoms with Gasteiger partial charge in [0, 0.05) is 38.4 Å². The van der Waals surface area contributed by atoms with Gasteiger partial charge in [0.15, 0.2) is 5.76 Å². The number of carbonyl (C=O) groups is 1. The van der Waals surface area contributed by atoms with Crippen LogP contribution in [0.2, 0.25) is 0 Å². The van der Waals surface area contributed by atoms with E-state index < -0.39 is 5.82 Å². The zero-order valence-electron chi connectivity index (χ0n) is 16.1. The minimum absolute atomic E-state index is 0.118. The third-order valence-electron chi connectivity index (χ3n) is 4.88. The molecule has 0 unspecified atom stereocenters. The van der Waals surface area contributed by atoms with E-state index in [0.717, 1.165) is 24.5 Å². The average Bonchev–Trinajstić information content (AvgIpc) is 3.15. The number of pyridine rings is 1. The standard InChI is InChI=1S/C21H22FN5O2/c1-15-13-16(29-25-15)14-26-9-11-27(12-10-26)21(28)17-5-4-8-23-20(17)24-19-7-3-2-6-18(19)22/h2-8,13H,9-12,14H2,1H3,(H,23,24). The third kappa shape index (κ3) is 4.43. The Kier molecular flexibility index (Phi) is 5.53. The minimum Gasteiger partial charge on any atom is -0.360 e. The van der Waals surface area contributed by atoms with Crippen molar-refractivity contribution in [1.29, 1.82) is 0 Å². The Bertz CT molecular complexity index is 998. The molecule has 0 bridgehead atoms. The lowest BCUT2D eigenvalue weighted by atomic mass is 10.2. The summed E-state index contributed by atoms with van der Waals surface area (Å²) in [5.74, 6) is 0.660. The van der Waals surface area contributed by atoms with Crippen molar-refractivity contribution in [3.8, 4) is 0 Å². The number of para-hydroxylation sites is 1. The summed E-state index contributed by atoms with van der Waals surface area (Å²) in [5.41, 5.74) is 1.57. The molecular weight excluding hydrogens is 373 g/mol. The van der Waals surface area contributed by atoms with Gasteiger partial charge < -0.3 is 14.7 Å². The van der Waals surface area contributed by atoms with Crippen molar-refractivity contribution in [1.82, 2.24) is 19.9 Å². The first-order valence-corrected chi connectivity index (χ1v) is 9.50. The summed E-state index contributed by atoms with van der Waals surface area (Å²) in [6, 6.07) is 11.7. The molecule has 1 fully saturated rings. The predicted molar refractivity (Wildman–Crippen MR) is 106 cm³/mol. The number of anilines is 2. The lowest BCUT2D eigenvalue weighted by Gasteiger charge is -2.34. The lowest BCUT2D eigenvalue weighted by molar-refractivity contribution is 0.0618. The third-order valence-corrected chi connectivity index (χ3v) is 4.88. The van der Waals surface area contributed by atoms with Crippen LogP contribution in [0, 0.1) is 12.7 Å². The molecule has 1 amide bonds. The number of rotatable bonds is 5. The molecule has 1 aromatic carbocycles. The molecule has 29 heavy (non-hydrogen) atoms. The maximum Gasteiger partial charge on any atom is 0.257 e. The molecule has 1 saturated heterocycles. The summed E-state index contributed by atoms with van der Waals surface area (Å²) in [4.78, 5) is 21.3. The van der Waals surface area contributed by atoms with E-state index in [2.05, 4.69) is 20.4 Å². The summed E-state index contributed by atoms with van der Waals surface area (Å²) in [6.07, 6.45) is 1.58. The molecule has 1 aliphatic heterocycles. The maximum absolute atomic E-state index is 14.0. The first-order chi connectivity index (χ1) is 14.1. The molecular formula is C21H22FN5O2. The highest BCUT2D eigenvalue weighted by atomic mass is 19.1. The van der Waals surface area contributed by atoms with E-state index in [4.69, 9.17) is 4.52 Å². The second-order valence-corrected chi connectivity index (χ2v) is 7.01. The van der Waals surface area contributed by atoms with Gasteiger partial charge in [-0.3, -0.25) is 9.69 Å². The molecule has 1 N–H and O–H groups in total. The van der Waals surface area contributed by atoms with Crippen LogP contribution in [0.5, 0.6) is 0 Å². The summed E-state index contributed by atoms with van der Waals surface area (Å²) in [7, 11) is 0. The highest BCUT2D eigenvalue weighted by Gasteiger charge is 2.25. The fourth-order valence-electron chi connectivity index (χ4n) is 3.36. The number of aromatic nitrogens is 2. The van der Waals surface area contributed by atoms with Gasteiger partial charge in [-0.25, -0.2) is 9.37 Å². The quantitative estimate of drug-likeness (QED) is 0.715. The molecule has 8 heteroatoms. The zero-order valence-corrected chi connectivity index (χ0v) is 16.1. The molecule has 0 saturated carbocycles. The minimum atomic E-state index is -0.396. The summed E-state index contributed by atoms with van der Waals surface area (Å²) in [5, 5.41) is 6.85. The van der Waals surface area contributed by atoms with Gasteiger partial charge in [-0.05, 0) is 31.2 Å². The van der Waals surface area contributed by atoms with Gasteiger partial charge in [-0.15, -0.1) is 0 Å². The van der Waals surface area contributed by atoms with Crippen molar-refractivity contribution >= 4 is 17.4 Å². The van der Waals surface area contributed by atoms with E-state index in [1.54, 1.807) is 41.4 Å². The van der Waals surface area contributed by atoms with E-state index in [9.17, 15) is 9.18 Å². The molecule has 0 atom stereocenters. The molecule has 0 spiro atoms. The first-order valence-electron chi connectivity index (χ1n) is 9.50. The Hall–Kier alpha value is -3.26. The van der Waals surface area contributed by atoms with Crippen LogP contribution in [0.1, 0.15) is 21.8 Å². The molecule has 0 aliphatic carbocycles. The number of carbonyl (C=O) groups excluding carboxylic acids is 1. The van der Waals surface area contributed by atoms with Crippen molar-refractivity contribution in [2.75, 3.05) is 31.5 Å². The number of halogens is 1. The SMILES string of the molecule is Cc1cc(CN2CCN(C(=O)c3cccnc3Nc3ccccc3F)CC2)on1. The molecule has 4 rings (SSSR count). The smallest absolute Gasteiger partial charge is 0.257 e. The van der Waals surface area contributed by atoms with Crippen LogP contribution in [-0.4, -0.2) is 52.0 Å². The number of hydrogen-bond donors (Lipinski definition) is 1. The Morgan fingerprint density at radius 2 is 1.97 bits per heavy atom. The second-order valence-electron chi connectivity index (χ2n) is 7.01. The van der Waals surface area contributed by atoms with Gasteiger partial charge in [0.2, 0.25) is 0 Å². The summed E-state index contributed by atoms with van der Waals surface area (Å²) >= 11 is 0. The second kappa shape index (κ2) is 8.40. The molecule has 7 nitrogen and oxygen atoms in total. The fourth-order valence-corrected chi connectivity index (χ4v) is 3.36. The molecule has 0 radical (unpaired) electrons. The number of nitrogens with zero attached hydrogens (tertiary/aromatic N) is 4. The zero-order chi connectivity index (χ0) is 20.2. The Morgan fingerprint density at radius 1 is 1.17 bits per heavy atom. The van der Waals surface area contributed by atoms with E-state index in [1.165, 1.54) is 6.07 Å². The van der Waals surface area contributed by atoms with Gasteiger partial charge in [0.05, 0.1) is 23.5 Å². The monoisotopic (exact) mass is 395 g/mol. The van der Waals surface area contributed by atoms with Crippen LogP contribution < -0.4 is 5.32 Å². The number of aryl methyl sites for hydroxylation is 1. The predicted octanol–water partition coefficient (Wildman–Crippen LogP) is 3.22. The number of piperazine rings is 1. The molecule has 3 heterocycles. The van der Waals surface area contributed by atoms with Gasteiger partial charge in [-0.2, -0.15) is 0 Å². The lowest BCUT2D eigenvalue weighted by Crippen LogP contribution is -2.48.